The van der Waals surface area contributed by atoms with E-state index in [1.54, 1.807) is 0 Å². The molecular weight excluding hydrogens is 188 g/mol. The molecule has 1 aliphatic carbocycles. The zero-order chi connectivity index (χ0) is 10.7. The van der Waals surface area contributed by atoms with Crippen LogP contribution in [0.5, 0.6) is 0 Å². The summed E-state index contributed by atoms with van der Waals surface area (Å²) in [7, 11) is 0. The summed E-state index contributed by atoms with van der Waals surface area (Å²) < 4.78 is 10.9. The maximum absolute atomic E-state index is 5.74. The summed E-state index contributed by atoms with van der Waals surface area (Å²) in [5.74, 6) is 2.69. The minimum absolute atomic E-state index is 0.424. The summed E-state index contributed by atoms with van der Waals surface area (Å²) in [5, 5.41) is 0. The van der Waals surface area contributed by atoms with Gasteiger partial charge < -0.3 is 9.47 Å². The monoisotopic (exact) mass is 212 g/mol. The molecule has 0 spiro atoms. The molecule has 4 atom stereocenters. The summed E-state index contributed by atoms with van der Waals surface area (Å²) >= 11 is 0. The molecule has 0 N–H and O–H groups in total. The highest BCUT2D eigenvalue weighted by atomic mass is 16.6. The van der Waals surface area contributed by atoms with E-state index in [1.165, 1.54) is 25.7 Å². The highest BCUT2D eigenvalue weighted by molar-refractivity contribution is 4.82. The van der Waals surface area contributed by atoms with Gasteiger partial charge in [-0.25, -0.2) is 0 Å². The topological polar surface area (TPSA) is 21.8 Å². The Kier molecular flexibility index (Phi) is 4.04. The molecule has 0 bridgehead atoms. The normalized spacial score (nSPS) is 39.6. The Morgan fingerprint density at radius 3 is 2.40 bits per heavy atom. The molecule has 0 aromatic heterocycles. The van der Waals surface area contributed by atoms with Crippen molar-refractivity contribution in [2.75, 3.05) is 19.8 Å². The van der Waals surface area contributed by atoms with E-state index < -0.39 is 0 Å². The van der Waals surface area contributed by atoms with Gasteiger partial charge >= 0.3 is 0 Å². The fourth-order valence-corrected chi connectivity index (χ4v) is 2.89. The van der Waals surface area contributed by atoms with Gasteiger partial charge in [-0.1, -0.05) is 26.7 Å². The molecule has 15 heavy (non-hydrogen) atoms. The van der Waals surface area contributed by atoms with Crippen molar-refractivity contribution in [1.29, 1.82) is 0 Å². The van der Waals surface area contributed by atoms with Crippen LogP contribution < -0.4 is 0 Å². The minimum atomic E-state index is 0.424. The first-order chi connectivity index (χ1) is 7.33. The van der Waals surface area contributed by atoms with Crippen LogP contribution in [0.2, 0.25) is 0 Å². The van der Waals surface area contributed by atoms with Crippen LogP contribution in [-0.4, -0.2) is 25.9 Å². The van der Waals surface area contributed by atoms with E-state index in [1.807, 2.05) is 0 Å². The highest BCUT2D eigenvalue weighted by Crippen LogP contribution is 2.39. The number of hydrogen-bond donors (Lipinski definition) is 0. The fourth-order valence-electron chi connectivity index (χ4n) is 2.89. The van der Waals surface area contributed by atoms with Crippen molar-refractivity contribution in [2.24, 2.45) is 17.8 Å². The van der Waals surface area contributed by atoms with Crippen LogP contribution >= 0.6 is 0 Å². The van der Waals surface area contributed by atoms with E-state index in [0.29, 0.717) is 6.10 Å². The second-order valence-corrected chi connectivity index (χ2v) is 5.17. The summed E-state index contributed by atoms with van der Waals surface area (Å²) in [6.07, 6.45) is 5.92. The van der Waals surface area contributed by atoms with Gasteiger partial charge in [0.2, 0.25) is 0 Å². The molecule has 2 rings (SSSR count). The lowest BCUT2D eigenvalue weighted by Gasteiger charge is -2.17. The molecule has 1 heterocycles. The number of rotatable bonds is 6. The smallest absolute Gasteiger partial charge is 0.104 e. The predicted molar refractivity (Wildman–Crippen MR) is 60.8 cm³/mol. The second kappa shape index (κ2) is 5.31. The molecule has 0 amide bonds. The van der Waals surface area contributed by atoms with E-state index >= 15 is 0 Å². The average molecular weight is 212 g/mol. The van der Waals surface area contributed by atoms with Gasteiger partial charge in [0.15, 0.2) is 0 Å². The zero-order valence-electron chi connectivity index (χ0n) is 10.1. The lowest BCUT2D eigenvalue weighted by molar-refractivity contribution is 0.0729. The van der Waals surface area contributed by atoms with E-state index in [-0.39, 0.29) is 0 Å². The third-order valence-corrected chi connectivity index (χ3v) is 4.08. The van der Waals surface area contributed by atoms with E-state index in [9.17, 15) is 0 Å². The molecule has 2 aliphatic rings. The Balaban J connectivity index is 1.68. The Hall–Kier alpha value is -0.0800. The third-order valence-electron chi connectivity index (χ3n) is 4.08. The molecule has 2 heteroatoms. The SMILES string of the molecule is CCC1CC(CC)C(COCC2CO2)C1. The summed E-state index contributed by atoms with van der Waals surface area (Å²) in [6, 6.07) is 0. The molecule has 4 unspecified atom stereocenters. The fraction of sp³-hybridized carbons (Fsp3) is 1.00. The molecule has 1 saturated carbocycles. The van der Waals surface area contributed by atoms with Crippen molar-refractivity contribution >= 4 is 0 Å². The molecule has 0 radical (unpaired) electrons. The van der Waals surface area contributed by atoms with Crippen LogP contribution in [0.25, 0.3) is 0 Å². The van der Waals surface area contributed by atoms with Crippen LogP contribution in [0.1, 0.15) is 39.5 Å². The number of ether oxygens (including phenoxy) is 2. The number of epoxide rings is 1. The van der Waals surface area contributed by atoms with Crippen molar-refractivity contribution in [1.82, 2.24) is 0 Å². The highest BCUT2D eigenvalue weighted by Gasteiger charge is 2.32. The molecular formula is C13H24O2. The molecule has 2 nitrogen and oxygen atoms in total. The Bertz CT molecular complexity index is 189. The first-order valence-corrected chi connectivity index (χ1v) is 6.52. The Labute approximate surface area is 93.3 Å². The third kappa shape index (κ3) is 3.18. The summed E-state index contributed by atoms with van der Waals surface area (Å²) in [5.41, 5.74) is 0. The van der Waals surface area contributed by atoms with Gasteiger partial charge in [0.25, 0.3) is 0 Å². The van der Waals surface area contributed by atoms with E-state index in [2.05, 4.69) is 13.8 Å². The van der Waals surface area contributed by atoms with Gasteiger partial charge in [-0.05, 0) is 30.6 Å². The van der Waals surface area contributed by atoms with Crippen molar-refractivity contribution in [2.45, 2.75) is 45.6 Å². The molecule has 1 aliphatic heterocycles. The van der Waals surface area contributed by atoms with Crippen molar-refractivity contribution in [3.05, 3.63) is 0 Å². The van der Waals surface area contributed by atoms with E-state index in [4.69, 9.17) is 9.47 Å². The Morgan fingerprint density at radius 1 is 1.07 bits per heavy atom. The molecule has 2 fully saturated rings. The lowest BCUT2D eigenvalue weighted by Crippen LogP contribution is -2.16. The van der Waals surface area contributed by atoms with Crippen LogP contribution in [-0.2, 0) is 9.47 Å². The second-order valence-electron chi connectivity index (χ2n) is 5.17. The van der Waals surface area contributed by atoms with Gasteiger partial charge in [-0.2, -0.15) is 0 Å². The lowest BCUT2D eigenvalue weighted by atomic mass is 9.94. The number of hydrogen-bond acceptors (Lipinski definition) is 2. The quantitative estimate of drug-likeness (QED) is 0.631. The van der Waals surface area contributed by atoms with Gasteiger partial charge in [-0.15, -0.1) is 0 Å². The first-order valence-electron chi connectivity index (χ1n) is 6.52. The van der Waals surface area contributed by atoms with Crippen LogP contribution in [0, 0.1) is 17.8 Å². The zero-order valence-corrected chi connectivity index (χ0v) is 10.1. The minimum Gasteiger partial charge on any atom is -0.378 e. The molecule has 0 aromatic carbocycles. The van der Waals surface area contributed by atoms with Gasteiger partial charge in [0.05, 0.1) is 13.2 Å². The molecule has 1 saturated heterocycles. The largest absolute Gasteiger partial charge is 0.378 e. The van der Waals surface area contributed by atoms with Crippen molar-refractivity contribution in [3.8, 4) is 0 Å². The van der Waals surface area contributed by atoms with E-state index in [0.717, 1.165) is 37.6 Å². The first kappa shape index (κ1) is 11.4. The Morgan fingerprint density at radius 2 is 1.80 bits per heavy atom. The summed E-state index contributed by atoms with van der Waals surface area (Å²) in [4.78, 5) is 0. The van der Waals surface area contributed by atoms with Crippen molar-refractivity contribution < 1.29 is 9.47 Å². The van der Waals surface area contributed by atoms with Gasteiger partial charge in [0, 0.05) is 6.61 Å². The van der Waals surface area contributed by atoms with Crippen LogP contribution in [0.3, 0.4) is 0 Å². The maximum atomic E-state index is 5.74. The summed E-state index contributed by atoms with van der Waals surface area (Å²) in [6.45, 7) is 7.34. The van der Waals surface area contributed by atoms with Crippen molar-refractivity contribution in [3.63, 3.8) is 0 Å². The van der Waals surface area contributed by atoms with Gasteiger partial charge in [-0.3, -0.25) is 0 Å². The van der Waals surface area contributed by atoms with Gasteiger partial charge in [0.1, 0.15) is 6.10 Å². The maximum Gasteiger partial charge on any atom is 0.104 e. The van der Waals surface area contributed by atoms with Crippen LogP contribution in [0.4, 0.5) is 0 Å². The molecule has 0 aromatic rings. The predicted octanol–water partition coefficient (Wildman–Crippen LogP) is 2.86. The average Bonchev–Trinajstić information content (AvgIpc) is 2.98. The standard InChI is InChI=1S/C13H24O2/c1-3-10-5-11(4-2)12(6-10)7-14-8-13-9-15-13/h10-13H,3-9H2,1-2H3. The molecule has 88 valence electrons. The van der Waals surface area contributed by atoms with Crippen LogP contribution in [0.15, 0.2) is 0 Å².